The van der Waals surface area contributed by atoms with Gasteiger partial charge in [-0.05, 0) is 19.3 Å². The molecule has 5 heteroatoms. The Morgan fingerprint density at radius 3 is 2.06 bits per heavy atom. The van der Waals surface area contributed by atoms with Crippen LogP contribution in [0.1, 0.15) is 19.3 Å². The Morgan fingerprint density at radius 1 is 1.06 bits per heavy atom. The van der Waals surface area contributed by atoms with Gasteiger partial charge in [-0.25, -0.2) is 4.79 Å². The molecule has 86 valence electrons. The van der Waals surface area contributed by atoms with Crippen molar-refractivity contribution in [3.63, 3.8) is 0 Å². The van der Waals surface area contributed by atoms with Crippen LogP contribution in [0.4, 0.5) is 4.79 Å². The molecule has 0 atom stereocenters. The highest BCUT2D eigenvalue weighted by Crippen LogP contribution is 2.31. The third-order valence-corrected chi connectivity index (χ3v) is 2.59. The maximum atomic E-state index is 11.8. The van der Waals surface area contributed by atoms with Crippen LogP contribution in [-0.4, -0.2) is 17.8 Å². The van der Waals surface area contributed by atoms with Crippen molar-refractivity contribution in [2.45, 2.75) is 19.3 Å². The van der Waals surface area contributed by atoms with Gasteiger partial charge in [0, 0.05) is 0 Å². The number of allylic oxidation sites excluding steroid dienone is 2. The smallest absolute Gasteiger partial charge is 0.277 e. The molecular weight excluding hydrogens is 208 g/mol. The highest BCUT2D eigenvalue weighted by atomic mass is 16.2. The number of hydrogen-bond acceptors (Lipinski definition) is 3. The van der Waals surface area contributed by atoms with Crippen molar-refractivity contribution in [3.05, 3.63) is 25.3 Å². The summed E-state index contributed by atoms with van der Waals surface area (Å²) in [5, 5.41) is 4.20. The van der Waals surface area contributed by atoms with Gasteiger partial charge in [0.15, 0.2) is 0 Å². The van der Waals surface area contributed by atoms with Crippen molar-refractivity contribution >= 4 is 17.8 Å². The predicted octanol–water partition coefficient (Wildman–Crippen LogP) is 0.881. The average molecular weight is 222 g/mol. The molecule has 1 heterocycles. The van der Waals surface area contributed by atoms with E-state index in [0.717, 1.165) is 0 Å². The molecule has 16 heavy (non-hydrogen) atoms. The van der Waals surface area contributed by atoms with Gasteiger partial charge in [-0.1, -0.05) is 12.2 Å². The fraction of sp³-hybridized carbons (Fsp3) is 0.364. The Labute approximate surface area is 93.6 Å². The summed E-state index contributed by atoms with van der Waals surface area (Å²) in [6, 6.07) is -0.770. The van der Waals surface area contributed by atoms with Gasteiger partial charge in [0.1, 0.15) is 5.41 Å². The summed E-state index contributed by atoms with van der Waals surface area (Å²) in [5.74, 6) is -1.13. The molecule has 1 fully saturated rings. The normalized spacial score (nSPS) is 18.6. The van der Waals surface area contributed by atoms with E-state index >= 15 is 0 Å². The SMILES string of the molecule is C=CCCC1(CC=C)C(=O)NC(=O)NC1=O. The molecule has 0 aromatic rings. The van der Waals surface area contributed by atoms with Crippen LogP contribution >= 0.6 is 0 Å². The first-order valence-corrected chi connectivity index (χ1v) is 4.95. The number of hydrogen-bond donors (Lipinski definition) is 2. The minimum Gasteiger partial charge on any atom is -0.277 e. The zero-order valence-electron chi connectivity index (χ0n) is 8.91. The second-order valence-corrected chi connectivity index (χ2v) is 3.64. The lowest BCUT2D eigenvalue weighted by Crippen LogP contribution is -2.62. The first kappa shape index (κ1) is 12.2. The molecule has 0 spiro atoms. The molecule has 1 saturated heterocycles. The molecule has 0 aromatic carbocycles. The van der Waals surface area contributed by atoms with Crippen molar-refractivity contribution < 1.29 is 14.4 Å². The number of carbonyl (C=O) groups is 3. The minimum atomic E-state index is -1.23. The molecule has 1 aliphatic rings. The summed E-state index contributed by atoms with van der Waals surface area (Å²) in [4.78, 5) is 34.5. The second-order valence-electron chi connectivity index (χ2n) is 3.64. The van der Waals surface area contributed by atoms with Crippen LogP contribution in [0.25, 0.3) is 0 Å². The topological polar surface area (TPSA) is 75.3 Å². The maximum absolute atomic E-state index is 11.8. The molecule has 0 aliphatic carbocycles. The van der Waals surface area contributed by atoms with Crippen LogP contribution < -0.4 is 10.6 Å². The number of rotatable bonds is 5. The monoisotopic (exact) mass is 222 g/mol. The molecule has 0 bridgehead atoms. The Bertz CT molecular complexity index is 340. The van der Waals surface area contributed by atoms with Gasteiger partial charge in [-0.3, -0.25) is 20.2 Å². The Kier molecular flexibility index (Phi) is 3.60. The quantitative estimate of drug-likeness (QED) is 0.535. The van der Waals surface area contributed by atoms with E-state index in [9.17, 15) is 14.4 Å². The molecule has 1 rings (SSSR count). The zero-order valence-corrected chi connectivity index (χ0v) is 8.91. The van der Waals surface area contributed by atoms with E-state index in [4.69, 9.17) is 0 Å². The molecule has 2 N–H and O–H groups in total. The van der Waals surface area contributed by atoms with Crippen molar-refractivity contribution in [3.8, 4) is 0 Å². The van der Waals surface area contributed by atoms with Crippen LogP contribution in [0.5, 0.6) is 0 Å². The number of barbiturate groups is 1. The van der Waals surface area contributed by atoms with Gasteiger partial charge in [0.2, 0.25) is 11.8 Å². The molecule has 1 aliphatic heterocycles. The Balaban J connectivity index is 3.00. The second kappa shape index (κ2) is 4.74. The molecule has 0 unspecified atom stereocenters. The van der Waals surface area contributed by atoms with Gasteiger partial charge < -0.3 is 0 Å². The van der Waals surface area contributed by atoms with Gasteiger partial charge >= 0.3 is 6.03 Å². The molecule has 5 nitrogen and oxygen atoms in total. The van der Waals surface area contributed by atoms with E-state index in [1.54, 1.807) is 6.08 Å². The van der Waals surface area contributed by atoms with E-state index in [1.165, 1.54) is 6.08 Å². The van der Waals surface area contributed by atoms with Crippen LogP contribution in [0, 0.1) is 5.41 Å². The predicted molar refractivity (Wildman–Crippen MR) is 58.4 cm³/mol. The lowest BCUT2D eigenvalue weighted by molar-refractivity contribution is -0.144. The number of imide groups is 2. The van der Waals surface area contributed by atoms with Gasteiger partial charge in [-0.15, -0.1) is 13.2 Å². The number of amides is 4. The molecular formula is C11H14N2O3. The Morgan fingerprint density at radius 2 is 1.62 bits per heavy atom. The first-order valence-electron chi connectivity index (χ1n) is 4.95. The lowest BCUT2D eigenvalue weighted by atomic mass is 9.77. The van der Waals surface area contributed by atoms with E-state index < -0.39 is 23.3 Å². The van der Waals surface area contributed by atoms with Crippen LogP contribution in [0.3, 0.4) is 0 Å². The summed E-state index contributed by atoms with van der Waals surface area (Å²) < 4.78 is 0. The molecule has 0 aromatic heterocycles. The molecule has 0 saturated carbocycles. The van der Waals surface area contributed by atoms with E-state index in [2.05, 4.69) is 23.8 Å². The summed E-state index contributed by atoms with van der Waals surface area (Å²) in [7, 11) is 0. The third kappa shape index (κ3) is 2.03. The van der Waals surface area contributed by atoms with Crippen LogP contribution in [0.15, 0.2) is 25.3 Å². The fourth-order valence-corrected chi connectivity index (χ4v) is 1.69. The number of nitrogens with one attached hydrogen (secondary N) is 2. The molecule has 0 radical (unpaired) electrons. The standard InChI is InChI=1S/C11H14N2O3/c1-3-5-7-11(6-4-2)8(14)12-10(16)13-9(11)15/h3-4H,1-2,5-7H2,(H2,12,13,14,15,16). The lowest BCUT2D eigenvalue weighted by Gasteiger charge is -2.32. The van der Waals surface area contributed by atoms with Gasteiger partial charge in [0.25, 0.3) is 0 Å². The van der Waals surface area contributed by atoms with Crippen molar-refractivity contribution in [1.82, 2.24) is 10.6 Å². The average Bonchev–Trinajstić information content (AvgIpc) is 2.22. The highest BCUT2D eigenvalue weighted by molar-refractivity contribution is 6.19. The largest absolute Gasteiger partial charge is 0.328 e. The maximum Gasteiger partial charge on any atom is 0.328 e. The third-order valence-electron chi connectivity index (χ3n) is 2.59. The fourth-order valence-electron chi connectivity index (χ4n) is 1.69. The minimum absolute atomic E-state index is 0.200. The summed E-state index contributed by atoms with van der Waals surface area (Å²) >= 11 is 0. The van der Waals surface area contributed by atoms with Crippen LogP contribution in [0.2, 0.25) is 0 Å². The Hall–Kier alpha value is -1.91. The molecule has 4 amide bonds. The van der Waals surface area contributed by atoms with Crippen LogP contribution in [-0.2, 0) is 9.59 Å². The summed E-state index contributed by atoms with van der Waals surface area (Å²) in [6.07, 6.45) is 4.15. The van der Waals surface area contributed by atoms with E-state index in [1.807, 2.05) is 0 Å². The number of carbonyl (C=O) groups excluding carboxylic acids is 3. The van der Waals surface area contributed by atoms with Gasteiger partial charge in [-0.2, -0.15) is 0 Å². The van der Waals surface area contributed by atoms with Crippen molar-refractivity contribution in [2.24, 2.45) is 5.41 Å². The summed E-state index contributed by atoms with van der Waals surface area (Å²) in [5.41, 5.74) is -1.23. The van der Waals surface area contributed by atoms with Crippen molar-refractivity contribution in [2.75, 3.05) is 0 Å². The summed E-state index contributed by atoms with van der Waals surface area (Å²) in [6.45, 7) is 7.07. The van der Waals surface area contributed by atoms with Gasteiger partial charge in [0.05, 0.1) is 0 Å². The van der Waals surface area contributed by atoms with E-state index in [-0.39, 0.29) is 6.42 Å². The van der Waals surface area contributed by atoms with Crippen molar-refractivity contribution in [1.29, 1.82) is 0 Å². The van der Waals surface area contributed by atoms with E-state index in [0.29, 0.717) is 12.8 Å². The zero-order chi connectivity index (χ0) is 12.2. The number of urea groups is 1. The highest BCUT2D eigenvalue weighted by Gasteiger charge is 2.48. The first-order chi connectivity index (χ1) is 7.56.